The lowest BCUT2D eigenvalue weighted by Crippen LogP contribution is -2.30. The largest absolute Gasteiger partial charge is 0.315 e. The van der Waals surface area contributed by atoms with E-state index in [9.17, 15) is 4.39 Å². The lowest BCUT2D eigenvalue weighted by atomic mass is 10.3. The van der Waals surface area contributed by atoms with Crippen LogP contribution in [-0.4, -0.2) is 43.8 Å². The van der Waals surface area contributed by atoms with Crippen LogP contribution in [0, 0.1) is 0 Å². The van der Waals surface area contributed by atoms with Gasteiger partial charge in [-0.1, -0.05) is 0 Å². The molecule has 3 heteroatoms. The summed E-state index contributed by atoms with van der Waals surface area (Å²) in [5.74, 6) is 0. The lowest BCUT2D eigenvalue weighted by Gasteiger charge is -2.19. The Hall–Kier alpha value is -0.150. The zero-order chi connectivity index (χ0) is 8.81. The van der Waals surface area contributed by atoms with Gasteiger partial charge in [0.2, 0.25) is 0 Å². The van der Waals surface area contributed by atoms with Crippen molar-refractivity contribution in [3.05, 3.63) is 0 Å². The number of hydrogen-bond donors (Lipinski definition) is 1. The summed E-state index contributed by atoms with van der Waals surface area (Å²) in [6, 6.07) is 0. The molecule has 1 aliphatic rings. The number of rotatable bonds is 3. The first-order valence-electron chi connectivity index (χ1n) is 4.86. The Morgan fingerprint density at radius 1 is 1.42 bits per heavy atom. The first kappa shape index (κ1) is 9.93. The fraction of sp³-hybridized carbons (Fsp3) is 1.00. The monoisotopic (exact) mass is 174 g/mol. The van der Waals surface area contributed by atoms with Gasteiger partial charge in [-0.2, -0.15) is 0 Å². The van der Waals surface area contributed by atoms with Gasteiger partial charge in [0.25, 0.3) is 0 Å². The first-order valence-corrected chi connectivity index (χ1v) is 4.86. The molecular weight excluding hydrogens is 155 g/mol. The van der Waals surface area contributed by atoms with Crippen LogP contribution in [-0.2, 0) is 0 Å². The predicted octanol–water partition coefficient (Wildman–Crippen LogP) is 1.03. The molecule has 1 saturated heterocycles. The molecule has 1 N–H and O–H groups in total. The molecular formula is C9H19FN2. The number of nitrogens with one attached hydrogen (secondary N) is 1. The number of alkyl halides is 1. The zero-order valence-corrected chi connectivity index (χ0v) is 7.85. The van der Waals surface area contributed by atoms with Crippen LogP contribution in [0.4, 0.5) is 4.39 Å². The number of nitrogens with zero attached hydrogens (tertiary/aromatic N) is 1. The Balaban J connectivity index is 2.12. The van der Waals surface area contributed by atoms with Crippen molar-refractivity contribution in [2.45, 2.75) is 25.9 Å². The SMILES string of the molecule is CC(F)CCN1CCCNCC1. The highest BCUT2D eigenvalue weighted by atomic mass is 19.1. The van der Waals surface area contributed by atoms with Crippen molar-refractivity contribution in [2.24, 2.45) is 0 Å². The molecule has 1 aliphatic heterocycles. The molecule has 0 bridgehead atoms. The summed E-state index contributed by atoms with van der Waals surface area (Å²) in [4.78, 5) is 2.34. The van der Waals surface area contributed by atoms with Crippen molar-refractivity contribution < 1.29 is 4.39 Å². The summed E-state index contributed by atoms with van der Waals surface area (Å²) in [7, 11) is 0. The van der Waals surface area contributed by atoms with Crippen LogP contribution in [0.3, 0.4) is 0 Å². The maximum atomic E-state index is 12.5. The van der Waals surface area contributed by atoms with Crippen molar-refractivity contribution in [2.75, 3.05) is 32.7 Å². The van der Waals surface area contributed by atoms with Crippen molar-refractivity contribution >= 4 is 0 Å². The molecule has 0 spiro atoms. The fourth-order valence-electron chi connectivity index (χ4n) is 1.49. The summed E-state index contributed by atoms with van der Waals surface area (Å²) in [5, 5.41) is 3.33. The van der Waals surface area contributed by atoms with Crippen molar-refractivity contribution in [1.82, 2.24) is 10.2 Å². The van der Waals surface area contributed by atoms with Gasteiger partial charge >= 0.3 is 0 Å². The van der Waals surface area contributed by atoms with Crippen LogP contribution in [0.2, 0.25) is 0 Å². The Kier molecular flexibility index (Phi) is 4.54. The molecule has 1 atom stereocenters. The van der Waals surface area contributed by atoms with Gasteiger partial charge in [0.05, 0.1) is 6.17 Å². The molecule has 12 heavy (non-hydrogen) atoms. The van der Waals surface area contributed by atoms with E-state index in [1.165, 1.54) is 6.42 Å². The number of halogens is 1. The predicted molar refractivity (Wildman–Crippen MR) is 49.1 cm³/mol. The lowest BCUT2D eigenvalue weighted by molar-refractivity contribution is 0.243. The molecule has 1 unspecified atom stereocenters. The Morgan fingerprint density at radius 3 is 3.00 bits per heavy atom. The van der Waals surface area contributed by atoms with Crippen LogP contribution >= 0.6 is 0 Å². The molecule has 0 aromatic carbocycles. The average Bonchev–Trinajstić information content (AvgIpc) is 2.28. The Bertz CT molecular complexity index is 109. The van der Waals surface area contributed by atoms with E-state index in [0.717, 1.165) is 32.7 Å². The van der Waals surface area contributed by atoms with Gasteiger partial charge in [-0.05, 0) is 32.9 Å². The van der Waals surface area contributed by atoms with Crippen molar-refractivity contribution in [1.29, 1.82) is 0 Å². The minimum absolute atomic E-state index is 0.652. The van der Waals surface area contributed by atoms with Gasteiger partial charge in [0.15, 0.2) is 0 Å². The highest BCUT2D eigenvalue weighted by Gasteiger charge is 2.09. The van der Waals surface area contributed by atoms with Crippen LogP contribution in [0.5, 0.6) is 0 Å². The average molecular weight is 174 g/mol. The third kappa shape index (κ3) is 4.02. The topological polar surface area (TPSA) is 15.3 Å². The van der Waals surface area contributed by atoms with Crippen LogP contribution in [0.1, 0.15) is 19.8 Å². The highest BCUT2D eigenvalue weighted by molar-refractivity contribution is 4.66. The van der Waals surface area contributed by atoms with Crippen LogP contribution in [0.15, 0.2) is 0 Å². The van der Waals surface area contributed by atoms with E-state index in [4.69, 9.17) is 0 Å². The van der Waals surface area contributed by atoms with E-state index in [1.54, 1.807) is 6.92 Å². The Morgan fingerprint density at radius 2 is 2.25 bits per heavy atom. The second-order valence-electron chi connectivity index (χ2n) is 3.51. The number of hydrogen-bond acceptors (Lipinski definition) is 2. The molecule has 0 aromatic rings. The van der Waals surface area contributed by atoms with Crippen LogP contribution in [0.25, 0.3) is 0 Å². The summed E-state index contributed by atoms with van der Waals surface area (Å²) >= 11 is 0. The van der Waals surface area contributed by atoms with Gasteiger partial charge in [-0.15, -0.1) is 0 Å². The molecule has 0 radical (unpaired) electrons. The summed E-state index contributed by atoms with van der Waals surface area (Å²) < 4.78 is 12.5. The minimum Gasteiger partial charge on any atom is -0.315 e. The third-order valence-corrected chi connectivity index (χ3v) is 2.28. The summed E-state index contributed by atoms with van der Waals surface area (Å²) in [5.41, 5.74) is 0. The van der Waals surface area contributed by atoms with Crippen molar-refractivity contribution in [3.63, 3.8) is 0 Å². The van der Waals surface area contributed by atoms with E-state index in [1.807, 2.05) is 0 Å². The van der Waals surface area contributed by atoms with E-state index in [0.29, 0.717) is 6.42 Å². The second kappa shape index (κ2) is 5.49. The van der Waals surface area contributed by atoms with E-state index < -0.39 is 6.17 Å². The molecule has 0 amide bonds. The maximum absolute atomic E-state index is 12.5. The minimum atomic E-state index is -0.652. The first-order chi connectivity index (χ1) is 5.79. The molecule has 0 aliphatic carbocycles. The molecule has 1 fully saturated rings. The van der Waals surface area contributed by atoms with E-state index in [2.05, 4.69) is 10.2 Å². The highest BCUT2D eigenvalue weighted by Crippen LogP contribution is 2.01. The van der Waals surface area contributed by atoms with E-state index in [-0.39, 0.29) is 0 Å². The molecule has 72 valence electrons. The normalized spacial score (nSPS) is 23.5. The quantitative estimate of drug-likeness (QED) is 0.687. The summed E-state index contributed by atoms with van der Waals surface area (Å²) in [6.07, 6.45) is 1.22. The fourth-order valence-corrected chi connectivity index (χ4v) is 1.49. The molecule has 1 rings (SSSR count). The molecule has 0 saturated carbocycles. The Labute approximate surface area is 74.1 Å². The maximum Gasteiger partial charge on any atom is 0.0985 e. The molecule has 2 nitrogen and oxygen atoms in total. The molecule has 1 heterocycles. The smallest absolute Gasteiger partial charge is 0.0985 e. The van der Waals surface area contributed by atoms with Crippen molar-refractivity contribution in [3.8, 4) is 0 Å². The second-order valence-corrected chi connectivity index (χ2v) is 3.51. The van der Waals surface area contributed by atoms with Crippen LogP contribution < -0.4 is 5.32 Å². The molecule has 0 aromatic heterocycles. The summed E-state index contributed by atoms with van der Waals surface area (Å²) in [6.45, 7) is 6.92. The van der Waals surface area contributed by atoms with E-state index >= 15 is 0 Å². The van der Waals surface area contributed by atoms with Gasteiger partial charge in [0, 0.05) is 19.6 Å². The van der Waals surface area contributed by atoms with Gasteiger partial charge in [-0.25, -0.2) is 4.39 Å². The van der Waals surface area contributed by atoms with Gasteiger partial charge in [0.1, 0.15) is 0 Å². The standard InChI is InChI=1S/C9H19FN2/c1-9(10)3-7-12-6-2-4-11-5-8-12/h9,11H,2-8H2,1H3. The zero-order valence-electron chi connectivity index (χ0n) is 7.85. The van der Waals surface area contributed by atoms with Gasteiger partial charge in [-0.3, -0.25) is 0 Å². The van der Waals surface area contributed by atoms with Gasteiger partial charge < -0.3 is 10.2 Å². The third-order valence-electron chi connectivity index (χ3n) is 2.28.